The number of hydrogen-bond donors (Lipinski definition) is 1. The van der Waals surface area contributed by atoms with Crippen LogP contribution in [0.2, 0.25) is 0 Å². The molecule has 0 aromatic carbocycles. The van der Waals surface area contributed by atoms with E-state index in [-0.39, 0.29) is 0 Å². The molecule has 3 rings (SSSR count). The standard InChI is InChI=1S/C13H23N/c1-7(2)5-8-11(14)13(4)9-6-12(8,3)10(9)13/h7-11H,5-6,14H2,1-4H3. The number of fused-ring (bicyclic) bond motifs is 1. The van der Waals surface area contributed by atoms with E-state index in [4.69, 9.17) is 5.73 Å². The molecule has 14 heavy (non-hydrogen) atoms. The second kappa shape index (κ2) is 2.21. The molecule has 0 aliphatic heterocycles. The van der Waals surface area contributed by atoms with E-state index >= 15 is 0 Å². The molecule has 3 fully saturated rings. The summed E-state index contributed by atoms with van der Waals surface area (Å²) in [4.78, 5) is 0. The van der Waals surface area contributed by atoms with Gasteiger partial charge in [-0.2, -0.15) is 0 Å². The highest BCUT2D eigenvalue weighted by molar-refractivity contribution is 5.34. The molecule has 0 bridgehead atoms. The van der Waals surface area contributed by atoms with Gasteiger partial charge >= 0.3 is 0 Å². The minimum Gasteiger partial charge on any atom is -0.327 e. The summed E-state index contributed by atoms with van der Waals surface area (Å²) in [6, 6.07) is 0.499. The van der Waals surface area contributed by atoms with E-state index in [1.807, 2.05) is 0 Å². The molecule has 0 aromatic rings. The molecule has 6 atom stereocenters. The molecule has 80 valence electrons. The maximum atomic E-state index is 6.45. The van der Waals surface area contributed by atoms with Gasteiger partial charge in [-0.1, -0.05) is 27.7 Å². The van der Waals surface area contributed by atoms with Gasteiger partial charge in [0.25, 0.3) is 0 Å². The molecule has 0 amide bonds. The summed E-state index contributed by atoms with van der Waals surface area (Å²) >= 11 is 0. The third-order valence-electron chi connectivity index (χ3n) is 5.86. The largest absolute Gasteiger partial charge is 0.327 e. The summed E-state index contributed by atoms with van der Waals surface area (Å²) in [7, 11) is 0. The van der Waals surface area contributed by atoms with Crippen molar-refractivity contribution in [2.24, 2.45) is 40.2 Å². The summed E-state index contributed by atoms with van der Waals surface area (Å²) in [5.74, 6) is 3.62. The molecule has 0 spiro atoms. The van der Waals surface area contributed by atoms with E-state index in [1.54, 1.807) is 0 Å². The van der Waals surface area contributed by atoms with E-state index in [1.165, 1.54) is 12.8 Å². The molecule has 3 saturated carbocycles. The van der Waals surface area contributed by atoms with Gasteiger partial charge < -0.3 is 5.73 Å². The normalized spacial score (nSPS) is 63.9. The predicted molar refractivity (Wildman–Crippen MR) is 58.7 cm³/mol. The minimum absolute atomic E-state index is 0.499. The SMILES string of the molecule is CC(C)CC1C(N)C2(C)C3CC1(C)C32. The van der Waals surface area contributed by atoms with Gasteiger partial charge in [0.05, 0.1) is 0 Å². The van der Waals surface area contributed by atoms with Crippen molar-refractivity contribution in [3.8, 4) is 0 Å². The maximum absolute atomic E-state index is 6.45. The molecule has 1 heteroatoms. The highest BCUT2D eigenvalue weighted by Gasteiger charge is 2.85. The van der Waals surface area contributed by atoms with Crippen molar-refractivity contribution >= 4 is 0 Å². The Balaban J connectivity index is 1.87. The van der Waals surface area contributed by atoms with Crippen LogP contribution in [-0.4, -0.2) is 6.04 Å². The maximum Gasteiger partial charge on any atom is 0.0132 e. The Hall–Kier alpha value is -0.0400. The Morgan fingerprint density at radius 2 is 2.00 bits per heavy atom. The highest BCUT2D eigenvalue weighted by Crippen LogP contribution is 2.87. The van der Waals surface area contributed by atoms with Crippen molar-refractivity contribution in [1.82, 2.24) is 0 Å². The first-order valence-electron chi connectivity index (χ1n) is 6.18. The smallest absolute Gasteiger partial charge is 0.0132 e. The van der Waals surface area contributed by atoms with Crippen LogP contribution in [0.4, 0.5) is 0 Å². The van der Waals surface area contributed by atoms with Gasteiger partial charge in [0.1, 0.15) is 0 Å². The molecule has 3 aliphatic carbocycles. The second-order valence-electron chi connectivity index (χ2n) is 6.92. The van der Waals surface area contributed by atoms with Crippen molar-refractivity contribution in [3.05, 3.63) is 0 Å². The van der Waals surface area contributed by atoms with Gasteiger partial charge in [-0.3, -0.25) is 0 Å². The summed E-state index contributed by atoms with van der Waals surface area (Å²) in [5, 5.41) is 0. The first kappa shape index (κ1) is 9.21. The van der Waals surface area contributed by atoms with Crippen molar-refractivity contribution < 1.29 is 0 Å². The molecule has 0 heterocycles. The quantitative estimate of drug-likeness (QED) is 0.717. The Morgan fingerprint density at radius 3 is 2.43 bits per heavy atom. The molecule has 0 radical (unpaired) electrons. The minimum atomic E-state index is 0.499. The van der Waals surface area contributed by atoms with E-state index in [0.29, 0.717) is 16.9 Å². The van der Waals surface area contributed by atoms with Crippen LogP contribution in [-0.2, 0) is 0 Å². The van der Waals surface area contributed by atoms with Gasteiger partial charge in [0, 0.05) is 6.04 Å². The number of nitrogens with two attached hydrogens (primary N) is 1. The average Bonchev–Trinajstić information content (AvgIpc) is 2.53. The van der Waals surface area contributed by atoms with Crippen LogP contribution in [0.1, 0.15) is 40.5 Å². The van der Waals surface area contributed by atoms with Crippen molar-refractivity contribution in [2.75, 3.05) is 0 Å². The van der Waals surface area contributed by atoms with Crippen LogP contribution >= 0.6 is 0 Å². The Kier molecular flexibility index (Phi) is 1.45. The van der Waals surface area contributed by atoms with E-state index in [0.717, 1.165) is 23.7 Å². The fourth-order valence-corrected chi connectivity index (χ4v) is 5.18. The first-order valence-corrected chi connectivity index (χ1v) is 6.18. The summed E-state index contributed by atoms with van der Waals surface area (Å²) < 4.78 is 0. The summed E-state index contributed by atoms with van der Waals surface area (Å²) in [6.07, 6.45) is 2.82. The van der Waals surface area contributed by atoms with Crippen LogP contribution < -0.4 is 5.73 Å². The lowest BCUT2D eigenvalue weighted by Crippen LogP contribution is -2.48. The molecule has 2 N–H and O–H groups in total. The molecule has 0 saturated heterocycles. The molecule has 3 aliphatic rings. The zero-order valence-corrected chi connectivity index (χ0v) is 9.88. The second-order valence-corrected chi connectivity index (χ2v) is 6.92. The van der Waals surface area contributed by atoms with Gasteiger partial charge in [-0.05, 0) is 47.3 Å². The Bertz CT molecular complexity index is 285. The van der Waals surface area contributed by atoms with Crippen LogP contribution in [0.15, 0.2) is 0 Å². The van der Waals surface area contributed by atoms with E-state index < -0.39 is 0 Å². The van der Waals surface area contributed by atoms with Crippen molar-refractivity contribution in [3.63, 3.8) is 0 Å². The van der Waals surface area contributed by atoms with Gasteiger partial charge in [0.2, 0.25) is 0 Å². The van der Waals surface area contributed by atoms with Crippen molar-refractivity contribution in [2.45, 2.75) is 46.6 Å². The van der Waals surface area contributed by atoms with Gasteiger partial charge in [0.15, 0.2) is 0 Å². The third-order valence-corrected chi connectivity index (χ3v) is 5.86. The topological polar surface area (TPSA) is 26.0 Å². The summed E-state index contributed by atoms with van der Waals surface area (Å²) in [5.41, 5.74) is 7.63. The van der Waals surface area contributed by atoms with Crippen LogP contribution in [0.3, 0.4) is 0 Å². The first-order chi connectivity index (χ1) is 6.42. The molecule has 1 nitrogen and oxygen atoms in total. The van der Waals surface area contributed by atoms with Gasteiger partial charge in [-0.15, -0.1) is 0 Å². The highest BCUT2D eigenvalue weighted by atomic mass is 15.0. The van der Waals surface area contributed by atoms with Gasteiger partial charge in [-0.25, -0.2) is 0 Å². The molecule has 6 unspecified atom stereocenters. The molecular formula is C13H23N. The lowest BCUT2D eigenvalue weighted by Gasteiger charge is -2.47. The zero-order chi connectivity index (χ0) is 10.3. The van der Waals surface area contributed by atoms with E-state index in [2.05, 4.69) is 27.7 Å². The fourth-order valence-electron chi connectivity index (χ4n) is 5.18. The molecular weight excluding hydrogens is 170 g/mol. The predicted octanol–water partition coefficient (Wildman–Crippen LogP) is 2.65. The lowest BCUT2D eigenvalue weighted by atomic mass is 9.59. The lowest BCUT2D eigenvalue weighted by molar-refractivity contribution is 0.0304. The monoisotopic (exact) mass is 193 g/mol. The average molecular weight is 193 g/mol. The van der Waals surface area contributed by atoms with Crippen LogP contribution in [0, 0.1) is 34.5 Å². The zero-order valence-electron chi connectivity index (χ0n) is 9.88. The number of rotatable bonds is 2. The van der Waals surface area contributed by atoms with E-state index in [9.17, 15) is 0 Å². The van der Waals surface area contributed by atoms with Crippen molar-refractivity contribution in [1.29, 1.82) is 0 Å². The molecule has 0 aromatic heterocycles. The third kappa shape index (κ3) is 0.711. The Morgan fingerprint density at radius 1 is 1.36 bits per heavy atom. The fraction of sp³-hybridized carbons (Fsp3) is 1.00. The summed E-state index contributed by atoms with van der Waals surface area (Å²) in [6.45, 7) is 9.61. The number of hydrogen-bond acceptors (Lipinski definition) is 1. The Labute approximate surface area is 87.4 Å². The van der Waals surface area contributed by atoms with Crippen LogP contribution in [0.5, 0.6) is 0 Å². The van der Waals surface area contributed by atoms with Crippen LogP contribution in [0.25, 0.3) is 0 Å².